The highest BCUT2D eigenvalue weighted by Crippen LogP contribution is 2.24. The average Bonchev–Trinajstić information content (AvgIpc) is 3.03. The number of hydrogen-bond acceptors (Lipinski definition) is 5. The highest BCUT2D eigenvalue weighted by molar-refractivity contribution is 7.13. The number of nitrogens with zero attached hydrogens (tertiary/aromatic N) is 3. The maximum Gasteiger partial charge on any atom is 0.239 e. The zero-order chi connectivity index (χ0) is 14.7. The molecule has 1 saturated heterocycles. The van der Waals surface area contributed by atoms with Crippen LogP contribution in [0.15, 0.2) is 41.9 Å². The van der Waals surface area contributed by atoms with Gasteiger partial charge in [0.1, 0.15) is 6.04 Å². The van der Waals surface area contributed by atoms with Gasteiger partial charge in [-0.25, -0.2) is 4.98 Å². The number of carbonyl (C=O) groups is 1. The van der Waals surface area contributed by atoms with Crippen LogP contribution >= 0.6 is 11.3 Å². The maximum absolute atomic E-state index is 11.9. The van der Waals surface area contributed by atoms with Gasteiger partial charge in [0.2, 0.25) is 5.91 Å². The minimum absolute atomic E-state index is 0.288. The highest BCUT2D eigenvalue weighted by atomic mass is 32.1. The zero-order valence-electron chi connectivity index (χ0n) is 11.7. The lowest BCUT2D eigenvalue weighted by atomic mass is 10.0. The molecule has 1 aromatic carbocycles. The summed E-state index contributed by atoms with van der Waals surface area (Å²) < 4.78 is 0. The topological polar surface area (TPSA) is 62.5 Å². The van der Waals surface area contributed by atoms with Gasteiger partial charge in [0.15, 0.2) is 5.13 Å². The maximum atomic E-state index is 11.9. The van der Waals surface area contributed by atoms with Crippen LogP contribution in [0.4, 0.5) is 5.13 Å². The number of primary amides is 1. The Bertz CT molecular complexity index is 579. The Kier molecular flexibility index (Phi) is 4.17. The third kappa shape index (κ3) is 3.06. The van der Waals surface area contributed by atoms with Crippen LogP contribution in [0, 0.1) is 0 Å². The summed E-state index contributed by atoms with van der Waals surface area (Å²) in [5, 5.41) is 3.03. The summed E-state index contributed by atoms with van der Waals surface area (Å²) in [7, 11) is 0. The molecule has 0 bridgehead atoms. The van der Waals surface area contributed by atoms with Crippen LogP contribution in [0.5, 0.6) is 0 Å². The van der Waals surface area contributed by atoms with Gasteiger partial charge in [-0.2, -0.15) is 0 Å². The predicted octanol–water partition coefficient (Wildman–Crippen LogP) is 1.49. The van der Waals surface area contributed by atoms with Crippen LogP contribution in [0.25, 0.3) is 0 Å². The number of thiazole rings is 1. The van der Waals surface area contributed by atoms with E-state index in [2.05, 4.69) is 14.8 Å². The lowest BCUT2D eigenvalue weighted by Crippen LogP contribution is -2.50. The van der Waals surface area contributed by atoms with Gasteiger partial charge in [0, 0.05) is 37.8 Å². The Morgan fingerprint density at radius 1 is 1.19 bits per heavy atom. The lowest BCUT2D eigenvalue weighted by molar-refractivity contribution is -0.123. The van der Waals surface area contributed by atoms with Crippen LogP contribution < -0.4 is 10.6 Å². The summed E-state index contributed by atoms with van der Waals surface area (Å²) in [6.07, 6.45) is 1.82. The monoisotopic (exact) mass is 302 g/mol. The molecule has 1 unspecified atom stereocenters. The minimum atomic E-state index is -0.343. The van der Waals surface area contributed by atoms with E-state index in [4.69, 9.17) is 5.73 Å². The Labute approximate surface area is 128 Å². The number of amides is 1. The van der Waals surface area contributed by atoms with Crippen LogP contribution in [0.2, 0.25) is 0 Å². The number of hydrogen-bond donors (Lipinski definition) is 1. The second-order valence-electron chi connectivity index (χ2n) is 5.05. The van der Waals surface area contributed by atoms with Crippen molar-refractivity contribution in [2.45, 2.75) is 6.04 Å². The summed E-state index contributed by atoms with van der Waals surface area (Å²) >= 11 is 1.65. The van der Waals surface area contributed by atoms with Gasteiger partial charge in [-0.3, -0.25) is 9.69 Å². The number of anilines is 1. The first-order valence-electron chi connectivity index (χ1n) is 6.98. The fourth-order valence-corrected chi connectivity index (χ4v) is 3.43. The Morgan fingerprint density at radius 2 is 1.90 bits per heavy atom. The number of aromatic nitrogens is 1. The number of rotatable bonds is 4. The molecule has 1 atom stereocenters. The average molecular weight is 302 g/mol. The molecule has 6 heteroatoms. The van der Waals surface area contributed by atoms with Gasteiger partial charge in [0.05, 0.1) is 0 Å². The van der Waals surface area contributed by atoms with Crippen molar-refractivity contribution in [1.82, 2.24) is 9.88 Å². The molecule has 0 radical (unpaired) electrons. The first-order valence-corrected chi connectivity index (χ1v) is 7.86. The molecule has 0 saturated carbocycles. The van der Waals surface area contributed by atoms with E-state index in [0.29, 0.717) is 0 Å². The van der Waals surface area contributed by atoms with Crippen molar-refractivity contribution in [2.24, 2.45) is 5.73 Å². The van der Waals surface area contributed by atoms with Gasteiger partial charge in [0.25, 0.3) is 0 Å². The minimum Gasteiger partial charge on any atom is -0.368 e. The first kappa shape index (κ1) is 14.0. The molecule has 1 aromatic heterocycles. The van der Waals surface area contributed by atoms with Gasteiger partial charge in [-0.15, -0.1) is 11.3 Å². The summed E-state index contributed by atoms with van der Waals surface area (Å²) in [6, 6.07) is 9.41. The Morgan fingerprint density at radius 3 is 2.48 bits per heavy atom. The van der Waals surface area contributed by atoms with E-state index >= 15 is 0 Å². The molecular formula is C15H18N4OS. The van der Waals surface area contributed by atoms with Crippen molar-refractivity contribution in [3.8, 4) is 0 Å². The molecule has 2 aromatic rings. The fourth-order valence-electron chi connectivity index (χ4n) is 2.73. The van der Waals surface area contributed by atoms with Crippen LogP contribution in [0.1, 0.15) is 11.6 Å². The van der Waals surface area contributed by atoms with E-state index in [-0.39, 0.29) is 11.9 Å². The molecule has 1 aliphatic rings. The van der Waals surface area contributed by atoms with Crippen molar-refractivity contribution in [1.29, 1.82) is 0 Å². The molecule has 0 spiro atoms. The van der Waals surface area contributed by atoms with Crippen LogP contribution in [-0.2, 0) is 4.79 Å². The number of piperazine rings is 1. The molecule has 1 amide bonds. The van der Waals surface area contributed by atoms with E-state index in [0.717, 1.165) is 36.9 Å². The van der Waals surface area contributed by atoms with Crippen molar-refractivity contribution in [3.05, 3.63) is 47.5 Å². The van der Waals surface area contributed by atoms with Crippen LogP contribution in [0.3, 0.4) is 0 Å². The number of nitrogens with two attached hydrogens (primary N) is 1. The normalized spacial score (nSPS) is 17.6. The van der Waals surface area contributed by atoms with Gasteiger partial charge < -0.3 is 10.6 Å². The van der Waals surface area contributed by atoms with E-state index in [1.54, 1.807) is 11.3 Å². The highest BCUT2D eigenvalue weighted by Gasteiger charge is 2.29. The summed E-state index contributed by atoms with van der Waals surface area (Å²) in [5.74, 6) is -0.288. The van der Waals surface area contributed by atoms with Crippen molar-refractivity contribution in [2.75, 3.05) is 31.1 Å². The number of carbonyl (C=O) groups excluding carboxylic acids is 1. The van der Waals surface area contributed by atoms with Crippen molar-refractivity contribution >= 4 is 22.4 Å². The molecule has 21 heavy (non-hydrogen) atoms. The predicted molar refractivity (Wildman–Crippen MR) is 84.3 cm³/mol. The quantitative estimate of drug-likeness (QED) is 0.929. The van der Waals surface area contributed by atoms with Crippen molar-refractivity contribution in [3.63, 3.8) is 0 Å². The second-order valence-corrected chi connectivity index (χ2v) is 5.93. The van der Waals surface area contributed by atoms with E-state index in [1.165, 1.54) is 0 Å². The smallest absolute Gasteiger partial charge is 0.239 e. The largest absolute Gasteiger partial charge is 0.368 e. The molecule has 1 fully saturated rings. The standard InChI is InChI=1S/C15H18N4OS/c16-14(20)13(12-4-2-1-3-5-12)18-7-9-19(10-8-18)15-17-6-11-21-15/h1-6,11,13H,7-10H2,(H2,16,20). The molecule has 2 N–H and O–H groups in total. The molecule has 1 aliphatic heterocycles. The lowest BCUT2D eigenvalue weighted by Gasteiger charge is -2.38. The Hall–Kier alpha value is -1.92. The first-order chi connectivity index (χ1) is 10.3. The molecule has 0 aliphatic carbocycles. The third-order valence-electron chi connectivity index (χ3n) is 3.75. The molecule has 110 valence electrons. The molecule has 3 rings (SSSR count). The summed E-state index contributed by atoms with van der Waals surface area (Å²) in [4.78, 5) is 20.6. The summed E-state index contributed by atoms with van der Waals surface area (Å²) in [5.41, 5.74) is 6.59. The number of benzene rings is 1. The van der Waals surface area contributed by atoms with Crippen LogP contribution in [-0.4, -0.2) is 42.0 Å². The molecular weight excluding hydrogens is 284 g/mol. The summed E-state index contributed by atoms with van der Waals surface area (Å²) in [6.45, 7) is 3.35. The SMILES string of the molecule is NC(=O)C(c1ccccc1)N1CCN(c2nccs2)CC1. The Balaban J connectivity index is 1.71. The van der Waals surface area contributed by atoms with E-state index in [9.17, 15) is 4.79 Å². The second kappa shape index (κ2) is 6.24. The van der Waals surface area contributed by atoms with Gasteiger partial charge >= 0.3 is 0 Å². The van der Waals surface area contributed by atoms with E-state index < -0.39 is 0 Å². The van der Waals surface area contributed by atoms with E-state index in [1.807, 2.05) is 41.9 Å². The van der Waals surface area contributed by atoms with Gasteiger partial charge in [-0.1, -0.05) is 30.3 Å². The molecule has 5 nitrogen and oxygen atoms in total. The third-order valence-corrected chi connectivity index (χ3v) is 4.59. The van der Waals surface area contributed by atoms with Gasteiger partial charge in [-0.05, 0) is 5.56 Å². The van der Waals surface area contributed by atoms with Crippen molar-refractivity contribution < 1.29 is 4.79 Å². The molecule has 2 heterocycles. The zero-order valence-corrected chi connectivity index (χ0v) is 12.5. The fraction of sp³-hybridized carbons (Fsp3) is 0.333.